The van der Waals surface area contributed by atoms with E-state index in [1.165, 1.54) is 0 Å². The van der Waals surface area contributed by atoms with Gasteiger partial charge in [0, 0.05) is 30.7 Å². The fraction of sp³-hybridized carbons (Fsp3) is 0.143. The number of fused-ring (bicyclic) bond motifs is 1. The van der Waals surface area contributed by atoms with Gasteiger partial charge in [-0.25, -0.2) is 9.78 Å². The van der Waals surface area contributed by atoms with Gasteiger partial charge in [-0.1, -0.05) is 36.4 Å². The Bertz CT molecular complexity index is 1420. The molecule has 3 aromatic carbocycles. The summed E-state index contributed by atoms with van der Waals surface area (Å²) in [6.07, 6.45) is 3.66. The number of aryl methyl sites for hydroxylation is 1. The summed E-state index contributed by atoms with van der Waals surface area (Å²) in [5.41, 5.74) is 4.96. The zero-order valence-electron chi connectivity index (χ0n) is 19.4. The van der Waals surface area contributed by atoms with Gasteiger partial charge >= 0.3 is 5.97 Å². The lowest BCUT2D eigenvalue weighted by molar-refractivity contribution is -0.115. The van der Waals surface area contributed by atoms with E-state index in [9.17, 15) is 9.59 Å². The summed E-state index contributed by atoms with van der Waals surface area (Å²) in [7, 11) is 1.95. The number of hydrogen-bond acceptors (Lipinski definition) is 5. The van der Waals surface area contributed by atoms with E-state index in [4.69, 9.17) is 9.73 Å². The van der Waals surface area contributed by atoms with Crippen molar-refractivity contribution in [2.75, 3.05) is 11.9 Å². The Kier molecular flexibility index (Phi) is 5.97. The van der Waals surface area contributed by atoms with Crippen molar-refractivity contribution in [2.24, 2.45) is 12.0 Å². The molecular formula is C28H24N4O3. The molecule has 0 saturated carbocycles. The Morgan fingerprint density at radius 1 is 1.06 bits per heavy atom. The van der Waals surface area contributed by atoms with Crippen molar-refractivity contribution < 1.29 is 14.3 Å². The van der Waals surface area contributed by atoms with Crippen LogP contribution in [0, 0.1) is 0 Å². The predicted octanol–water partition coefficient (Wildman–Crippen LogP) is 5.12. The number of ether oxygens (including phenoxy) is 1. The van der Waals surface area contributed by atoms with Crippen molar-refractivity contribution in [3.63, 3.8) is 0 Å². The van der Waals surface area contributed by atoms with E-state index in [0.29, 0.717) is 17.0 Å². The maximum Gasteiger partial charge on any atom is 0.338 e. The molecule has 0 saturated heterocycles. The van der Waals surface area contributed by atoms with Gasteiger partial charge in [-0.2, -0.15) is 0 Å². The molecule has 0 radical (unpaired) electrons. The number of hydrogen-bond donors (Lipinski definition) is 1. The van der Waals surface area contributed by atoms with Crippen LogP contribution in [0.3, 0.4) is 0 Å². The number of amides is 1. The summed E-state index contributed by atoms with van der Waals surface area (Å²) >= 11 is 0. The Morgan fingerprint density at radius 3 is 2.51 bits per heavy atom. The van der Waals surface area contributed by atoms with Crippen LogP contribution in [0.5, 0.6) is 0 Å². The molecule has 1 aromatic heterocycles. The van der Waals surface area contributed by atoms with Gasteiger partial charge in [-0.3, -0.25) is 9.79 Å². The third kappa shape index (κ3) is 4.36. The van der Waals surface area contributed by atoms with Crippen molar-refractivity contribution in [1.82, 2.24) is 9.55 Å². The van der Waals surface area contributed by atoms with E-state index in [1.807, 2.05) is 72.4 Å². The Balaban J connectivity index is 1.55. The highest BCUT2D eigenvalue weighted by Crippen LogP contribution is 2.37. The van der Waals surface area contributed by atoms with Crippen LogP contribution in [0.25, 0.3) is 11.4 Å². The summed E-state index contributed by atoms with van der Waals surface area (Å²) in [5, 5.41) is 2.92. The van der Waals surface area contributed by atoms with Crippen molar-refractivity contribution in [3.05, 3.63) is 102 Å². The first-order chi connectivity index (χ1) is 17.0. The topological polar surface area (TPSA) is 85.6 Å². The Labute approximate surface area is 203 Å². The molecule has 0 aliphatic carbocycles. The van der Waals surface area contributed by atoms with Crippen LogP contribution in [0.15, 0.2) is 90.2 Å². The molecule has 2 heterocycles. The summed E-state index contributed by atoms with van der Waals surface area (Å²) in [5.74, 6) is -0.353. The zero-order chi connectivity index (χ0) is 24.4. The summed E-state index contributed by atoms with van der Waals surface area (Å²) in [6.45, 7) is 2.04. The van der Waals surface area contributed by atoms with Crippen molar-refractivity contribution in [3.8, 4) is 11.4 Å². The van der Waals surface area contributed by atoms with E-state index in [2.05, 4.69) is 10.3 Å². The average Bonchev–Trinajstić information content (AvgIpc) is 3.45. The summed E-state index contributed by atoms with van der Waals surface area (Å²) < 4.78 is 7.06. The number of benzene rings is 3. The predicted molar refractivity (Wildman–Crippen MR) is 135 cm³/mol. The highest BCUT2D eigenvalue weighted by atomic mass is 16.5. The molecule has 35 heavy (non-hydrogen) atoms. The second-order valence-corrected chi connectivity index (χ2v) is 8.22. The van der Waals surface area contributed by atoms with E-state index in [1.54, 1.807) is 31.3 Å². The second-order valence-electron chi connectivity index (χ2n) is 8.22. The van der Waals surface area contributed by atoms with Gasteiger partial charge in [0.15, 0.2) is 0 Å². The van der Waals surface area contributed by atoms with E-state index >= 15 is 0 Å². The highest BCUT2D eigenvalue weighted by Gasteiger charge is 2.36. The molecule has 0 fully saturated rings. The number of carbonyl (C=O) groups is 2. The lowest BCUT2D eigenvalue weighted by Gasteiger charge is -2.14. The monoisotopic (exact) mass is 464 g/mol. The lowest BCUT2D eigenvalue weighted by Crippen LogP contribution is -2.21. The third-order valence-electron chi connectivity index (χ3n) is 5.93. The van der Waals surface area contributed by atoms with Crippen molar-refractivity contribution in [1.29, 1.82) is 0 Å². The van der Waals surface area contributed by atoms with Gasteiger partial charge in [-0.05, 0) is 54.4 Å². The third-order valence-corrected chi connectivity index (χ3v) is 5.93. The molecule has 174 valence electrons. The van der Waals surface area contributed by atoms with Crippen LogP contribution >= 0.6 is 0 Å². The first-order valence-electron chi connectivity index (χ1n) is 11.4. The van der Waals surface area contributed by atoms with E-state index < -0.39 is 11.9 Å². The van der Waals surface area contributed by atoms with Gasteiger partial charge in [0.05, 0.1) is 23.6 Å². The minimum atomic E-state index is -0.613. The van der Waals surface area contributed by atoms with Crippen molar-refractivity contribution >= 4 is 29.0 Å². The van der Waals surface area contributed by atoms with Crippen LogP contribution in [-0.4, -0.2) is 33.7 Å². The molecule has 0 bridgehead atoms. The molecular weight excluding hydrogens is 440 g/mol. The Hall–Kier alpha value is -4.52. The van der Waals surface area contributed by atoms with Gasteiger partial charge in [-0.15, -0.1) is 0 Å². The Morgan fingerprint density at radius 2 is 1.83 bits per heavy atom. The normalized spacial score (nSPS) is 15.0. The van der Waals surface area contributed by atoms with Crippen LogP contribution in [0.2, 0.25) is 0 Å². The number of aromatic nitrogens is 2. The first kappa shape index (κ1) is 22.3. The molecule has 0 spiro atoms. The molecule has 1 amide bonds. The fourth-order valence-corrected chi connectivity index (χ4v) is 4.25. The van der Waals surface area contributed by atoms with Gasteiger partial charge in [0.25, 0.3) is 0 Å². The van der Waals surface area contributed by atoms with E-state index in [0.717, 1.165) is 28.2 Å². The van der Waals surface area contributed by atoms with Gasteiger partial charge in [0.1, 0.15) is 11.7 Å². The number of aliphatic imine (C=N–C) groups is 1. The molecule has 1 atom stereocenters. The maximum atomic E-state index is 13.2. The number of nitrogens with zero attached hydrogens (tertiary/aromatic N) is 3. The summed E-state index contributed by atoms with van der Waals surface area (Å²) in [4.78, 5) is 34.7. The van der Waals surface area contributed by atoms with Crippen molar-refractivity contribution in [2.45, 2.75) is 12.8 Å². The molecule has 1 unspecified atom stereocenters. The number of rotatable bonds is 6. The van der Waals surface area contributed by atoms with Crippen LogP contribution < -0.4 is 5.32 Å². The number of carbonyl (C=O) groups excluding carboxylic acids is 2. The standard InChI is InChI=1S/C28H24N4O3/c1-3-35-28(34)20-11-14-22-23(17-20)31-27(33)24(22)25(18-7-5-4-6-8-18)30-21-12-9-19(10-13-21)26-29-15-16-32(26)2/h4-17,24H,3H2,1-2H3,(H,31,33). The highest BCUT2D eigenvalue weighted by molar-refractivity contribution is 6.24. The molecule has 1 N–H and O–H groups in total. The number of esters is 1. The molecule has 7 nitrogen and oxygen atoms in total. The average molecular weight is 465 g/mol. The quantitative estimate of drug-likeness (QED) is 0.317. The fourth-order valence-electron chi connectivity index (χ4n) is 4.25. The van der Waals surface area contributed by atoms with E-state index in [-0.39, 0.29) is 12.5 Å². The van der Waals surface area contributed by atoms with Crippen LogP contribution in [-0.2, 0) is 16.6 Å². The minimum absolute atomic E-state index is 0.187. The molecule has 7 heteroatoms. The minimum Gasteiger partial charge on any atom is -0.462 e. The number of nitrogens with one attached hydrogen (secondary N) is 1. The maximum absolute atomic E-state index is 13.2. The van der Waals surface area contributed by atoms with Gasteiger partial charge in [0.2, 0.25) is 5.91 Å². The SMILES string of the molecule is CCOC(=O)c1ccc2c(c1)NC(=O)C2C(=Nc1ccc(-c2nccn2C)cc1)c1ccccc1. The largest absolute Gasteiger partial charge is 0.462 e. The van der Waals surface area contributed by atoms with Crippen LogP contribution in [0.4, 0.5) is 11.4 Å². The number of imidazole rings is 1. The smallest absolute Gasteiger partial charge is 0.338 e. The molecule has 1 aliphatic rings. The lowest BCUT2D eigenvalue weighted by atomic mass is 9.90. The molecule has 5 rings (SSSR count). The second kappa shape index (κ2) is 9.38. The first-order valence-corrected chi connectivity index (χ1v) is 11.4. The zero-order valence-corrected chi connectivity index (χ0v) is 19.4. The number of anilines is 1. The van der Waals surface area contributed by atoms with Gasteiger partial charge < -0.3 is 14.6 Å². The van der Waals surface area contributed by atoms with Crippen LogP contribution in [0.1, 0.15) is 34.3 Å². The molecule has 4 aromatic rings. The molecule has 1 aliphatic heterocycles. The summed E-state index contributed by atoms with van der Waals surface area (Å²) in [6, 6.07) is 22.6.